The zero-order valence-corrected chi connectivity index (χ0v) is 15.8. The summed E-state index contributed by atoms with van der Waals surface area (Å²) in [5, 5.41) is 0.840. The van der Waals surface area contributed by atoms with E-state index in [0.717, 1.165) is 59.7 Å². The molecule has 136 valence electrons. The number of ether oxygens (including phenoxy) is 2. The molecule has 0 saturated carbocycles. The molecule has 1 amide bonds. The van der Waals surface area contributed by atoms with Crippen molar-refractivity contribution in [2.75, 3.05) is 26.8 Å². The first-order chi connectivity index (χ1) is 12.6. The van der Waals surface area contributed by atoms with Crippen molar-refractivity contribution in [1.82, 2.24) is 4.90 Å². The molecule has 0 unspecified atom stereocenters. The van der Waals surface area contributed by atoms with Crippen LogP contribution in [0.15, 0.2) is 39.7 Å². The molecular weight excluding hydrogens is 348 g/mol. The number of amides is 1. The zero-order valence-electron chi connectivity index (χ0n) is 15.0. The van der Waals surface area contributed by atoms with Crippen molar-refractivity contribution in [3.05, 3.63) is 40.3 Å². The maximum absolute atomic E-state index is 12.3. The minimum Gasteiger partial charge on any atom is -0.493 e. The number of likely N-dealkylation sites (tertiary alicyclic amines) is 1. The number of carbonyl (C=O) groups is 1. The monoisotopic (exact) mass is 370 g/mol. The number of aliphatic imine (C=N–C) groups is 1. The van der Waals surface area contributed by atoms with Crippen molar-refractivity contribution in [3.8, 4) is 11.5 Å². The van der Waals surface area contributed by atoms with Crippen molar-refractivity contribution in [1.29, 1.82) is 0 Å². The first-order valence-corrected chi connectivity index (χ1v) is 9.73. The smallest absolute Gasteiger partial charge is 0.286 e. The van der Waals surface area contributed by atoms with Crippen LogP contribution < -0.4 is 9.47 Å². The van der Waals surface area contributed by atoms with Crippen LogP contribution in [0, 0.1) is 5.92 Å². The first-order valence-electron chi connectivity index (χ1n) is 8.92. The second-order valence-corrected chi connectivity index (χ2v) is 7.88. The number of para-hydroxylation sites is 1. The molecule has 3 heterocycles. The highest BCUT2D eigenvalue weighted by atomic mass is 32.2. The number of thioether (sulfide) groups is 1. The van der Waals surface area contributed by atoms with E-state index < -0.39 is 0 Å². The highest BCUT2D eigenvalue weighted by Gasteiger charge is 2.28. The molecule has 0 radical (unpaired) electrons. The molecule has 5 nitrogen and oxygen atoms in total. The third-order valence-corrected chi connectivity index (χ3v) is 5.98. The molecule has 0 aromatic heterocycles. The van der Waals surface area contributed by atoms with Crippen LogP contribution in [0.2, 0.25) is 0 Å². The molecule has 0 spiro atoms. The van der Waals surface area contributed by atoms with E-state index in [1.807, 2.05) is 30.4 Å². The SMILES string of the molecule is COc1cccc2c1OCC(/C=C1\SC(N3CCC(C)CC3)=NC1=O)=C2. The van der Waals surface area contributed by atoms with Crippen LogP contribution in [0.25, 0.3) is 6.08 Å². The zero-order chi connectivity index (χ0) is 18.1. The van der Waals surface area contributed by atoms with Gasteiger partial charge in [0.25, 0.3) is 5.91 Å². The molecule has 1 aromatic rings. The number of carbonyl (C=O) groups excluding carboxylic acids is 1. The molecule has 0 N–H and O–H groups in total. The number of methoxy groups -OCH3 is 1. The molecule has 1 aromatic carbocycles. The summed E-state index contributed by atoms with van der Waals surface area (Å²) in [5.41, 5.74) is 1.93. The molecule has 3 aliphatic heterocycles. The number of hydrogen-bond donors (Lipinski definition) is 0. The van der Waals surface area contributed by atoms with E-state index in [0.29, 0.717) is 11.5 Å². The average Bonchev–Trinajstić information content (AvgIpc) is 3.02. The normalized spacial score (nSPS) is 22.0. The Hall–Kier alpha value is -2.21. The highest BCUT2D eigenvalue weighted by molar-refractivity contribution is 8.18. The minimum absolute atomic E-state index is 0.152. The van der Waals surface area contributed by atoms with Crippen LogP contribution in [0.1, 0.15) is 25.3 Å². The van der Waals surface area contributed by atoms with E-state index in [4.69, 9.17) is 9.47 Å². The van der Waals surface area contributed by atoms with Crippen molar-refractivity contribution in [3.63, 3.8) is 0 Å². The number of piperidine rings is 1. The fourth-order valence-corrected chi connectivity index (χ4v) is 4.32. The Bertz CT molecular complexity index is 820. The number of fused-ring (bicyclic) bond motifs is 1. The number of amidine groups is 1. The second-order valence-electron chi connectivity index (χ2n) is 6.87. The first kappa shape index (κ1) is 17.2. The van der Waals surface area contributed by atoms with Crippen molar-refractivity contribution < 1.29 is 14.3 Å². The molecule has 26 heavy (non-hydrogen) atoms. The summed E-state index contributed by atoms with van der Waals surface area (Å²) in [6.45, 7) is 4.65. The van der Waals surface area contributed by atoms with Gasteiger partial charge in [-0.2, -0.15) is 4.99 Å². The van der Waals surface area contributed by atoms with Gasteiger partial charge in [-0.1, -0.05) is 19.1 Å². The molecule has 4 rings (SSSR count). The van der Waals surface area contributed by atoms with E-state index in [1.54, 1.807) is 7.11 Å². The number of benzene rings is 1. The fraction of sp³-hybridized carbons (Fsp3) is 0.400. The summed E-state index contributed by atoms with van der Waals surface area (Å²) in [5.74, 6) is 2.08. The molecule has 0 aliphatic carbocycles. The standard InChI is InChI=1S/C20H22N2O3S/c1-13-6-8-22(9-7-13)20-21-19(23)17(26-20)11-14-10-15-4-3-5-16(24-2)18(15)25-12-14/h3-5,10-11,13H,6-9,12H2,1-2H3/b17-11-. The lowest BCUT2D eigenvalue weighted by molar-refractivity contribution is -0.113. The Morgan fingerprint density at radius 2 is 2.15 bits per heavy atom. The highest BCUT2D eigenvalue weighted by Crippen LogP contribution is 2.37. The van der Waals surface area contributed by atoms with Crippen molar-refractivity contribution in [2.24, 2.45) is 10.9 Å². The Morgan fingerprint density at radius 1 is 1.35 bits per heavy atom. The minimum atomic E-state index is -0.152. The van der Waals surface area contributed by atoms with Gasteiger partial charge >= 0.3 is 0 Å². The van der Waals surface area contributed by atoms with Gasteiger partial charge in [-0.3, -0.25) is 4.79 Å². The summed E-state index contributed by atoms with van der Waals surface area (Å²) in [7, 11) is 1.63. The van der Waals surface area contributed by atoms with Crippen molar-refractivity contribution in [2.45, 2.75) is 19.8 Å². The number of rotatable bonds is 2. The lowest BCUT2D eigenvalue weighted by Gasteiger charge is -2.30. The molecule has 0 atom stereocenters. The summed E-state index contributed by atoms with van der Waals surface area (Å²) >= 11 is 1.48. The topological polar surface area (TPSA) is 51.1 Å². The van der Waals surface area contributed by atoms with E-state index in [2.05, 4.69) is 16.8 Å². The van der Waals surface area contributed by atoms with Gasteiger partial charge in [-0.25, -0.2) is 0 Å². The Kier molecular flexibility index (Phi) is 4.76. The second kappa shape index (κ2) is 7.19. The van der Waals surface area contributed by atoms with Crippen molar-refractivity contribution >= 4 is 28.9 Å². The van der Waals surface area contributed by atoms with Crippen LogP contribution in [-0.2, 0) is 4.79 Å². The molecule has 1 fully saturated rings. The fourth-order valence-electron chi connectivity index (χ4n) is 3.34. The van der Waals surface area contributed by atoms with E-state index in [1.165, 1.54) is 11.8 Å². The number of nitrogens with zero attached hydrogens (tertiary/aromatic N) is 2. The summed E-state index contributed by atoms with van der Waals surface area (Å²) in [6, 6.07) is 5.80. The molecule has 0 bridgehead atoms. The van der Waals surface area contributed by atoms with Gasteiger partial charge < -0.3 is 14.4 Å². The quantitative estimate of drug-likeness (QED) is 0.743. The van der Waals surface area contributed by atoms with Gasteiger partial charge in [-0.15, -0.1) is 0 Å². The summed E-state index contributed by atoms with van der Waals surface area (Å²) < 4.78 is 11.2. The van der Waals surface area contributed by atoms with Crippen LogP contribution >= 0.6 is 11.8 Å². The van der Waals surface area contributed by atoms with Crippen LogP contribution in [-0.4, -0.2) is 42.8 Å². The molecule has 6 heteroatoms. The largest absolute Gasteiger partial charge is 0.493 e. The van der Waals surface area contributed by atoms with Gasteiger partial charge in [0, 0.05) is 18.7 Å². The van der Waals surface area contributed by atoms with E-state index in [-0.39, 0.29) is 5.91 Å². The van der Waals surface area contributed by atoms with Gasteiger partial charge in [0.05, 0.1) is 12.0 Å². The third-order valence-electron chi connectivity index (χ3n) is 4.93. The third kappa shape index (κ3) is 3.38. The molecular formula is C20H22N2O3S. The Labute approximate surface area is 157 Å². The van der Waals surface area contributed by atoms with Gasteiger partial charge in [-0.05, 0) is 54.3 Å². The van der Waals surface area contributed by atoms with Gasteiger partial charge in [0.2, 0.25) is 0 Å². The van der Waals surface area contributed by atoms with E-state index >= 15 is 0 Å². The summed E-state index contributed by atoms with van der Waals surface area (Å²) in [4.78, 5) is 19.5. The maximum atomic E-state index is 12.3. The van der Waals surface area contributed by atoms with Crippen LogP contribution in [0.5, 0.6) is 11.5 Å². The molecule has 1 saturated heterocycles. The van der Waals surface area contributed by atoms with Crippen LogP contribution in [0.3, 0.4) is 0 Å². The maximum Gasteiger partial charge on any atom is 0.286 e. The molecule has 3 aliphatic rings. The lowest BCUT2D eigenvalue weighted by Crippen LogP contribution is -2.35. The van der Waals surface area contributed by atoms with Gasteiger partial charge in [0.1, 0.15) is 6.61 Å². The van der Waals surface area contributed by atoms with Crippen LogP contribution in [0.4, 0.5) is 0 Å². The summed E-state index contributed by atoms with van der Waals surface area (Å²) in [6.07, 6.45) is 6.26. The van der Waals surface area contributed by atoms with E-state index in [9.17, 15) is 4.79 Å². The number of hydrogen-bond acceptors (Lipinski definition) is 5. The Balaban J connectivity index is 1.51. The average molecular weight is 370 g/mol. The Morgan fingerprint density at radius 3 is 2.92 bits per heavy atom. The lowest BCUT2D eigenvalue weighted by atomic mass is 10.00. The predicted octanol–water partition coefficient (Wildman–Crippen LogP) is 3.72. The van der Waals surface area contributed by atoms with Gasteiger partial charge in [0.15, 0.2) is 16.7 Å². The predicted molar refractivity (Wildman–Crippen MR) is 105 cm³/mol.